The lowest BCUT2D eigenvalue weighted by Gasteiger charge is -2.00. The van der Waals surface area contributed by atoms with Gasteiger partial charge < -0.3 is 4.57 Å². The molecule has 21 heavy (non-hydrogen) atoms. The van der Waals surface area contributed by atoms with E-state index in [4.69, 9.17) is 5.26 Å². The van der Waals surface area contributed by atoms with E-state index in [1.807, 2.05) is 35.0 Å². The average Bonchev–Trinajstić information content (AvgIpc) is 2.94. The lowest BCUT2D eigenvalue weighted by molar-refractivity contribution is -0.121. The number of hydrogen-bond donors (Lipinski definition) is 0. The van der Waals surface area contributed by atoms with E-state index >= 15 is 0 Å². The Bertz CT molecular complexity index is 829. The van der Waals surface area contributed by atoms with Crippen LogP contribution in [0.2, 0.25) is 0 Å². The van der Waals surface area contributed by atoms with Crippen molar-refractivity contribution in [1.82, 2.24) is 9.47 Å². The molecule has 0 N–H and O–H groups in total. The first kappa shape index (κ1) is 13.5. The van der Waals surface area contributed by atoms with E-state index in [9.17, 15) is 9.59 Å². The van der Waals surface area contributed by atoms with Crippen LogP contribution in [-0.4, -0.2) is 27.7 Å². The molecule has 1 aliphatic heterocycles. The minimum Gasteiger partial charge on any atom is -0.333 e. The number of likely N-dealkylation sites (N-methyl/N-ethyl adjacent to an activating group) is 1. The van der Waals surface area contributed by atoms with Crippen molar-refractivity contribution in [3.63, 3.8) is 0 Å². The van der Waals surface area contributed by atoms with E-state index in [0.29, 0.717) is 4.91 Å². The van der Waals surface area contributed by atoms with E-state index < -0.39 is 0 Å². The molecule has 1 aliphatic rings. The molecule has 104 valence electrons. The van der Waals surface area contributed by atoms with Gasteiger partial charge in [-0.3, -0.25) is 14.5 Å². The molecule has 1 aromatic carbocycles. The first-order valence-electron chi connectivity index (χ1n) is 6.28. The molecule has 0 saturated carbocycles. The number of fused-ring (bicyclic) bond motifs is 1. The van der Waals surface area contributed by atoms with Crippen molar-refractivity contribution < 1.29 is 9.59 Å². The summed E-state index contributed by atoms with van der Waals surface area (Å²) in [6, 6.07) is 9.78. The van der Waals surface area contributed by atoms with Crippen LogP contribution in [0.25, 0.3) is 17.0 Å². The number of nitrogens with zero attached hydrogens (tertiary/aromatic N) is 3. The Balaban J connectivity index is 2.12. The summed E-state index contributed by atoms with van der Waals surface area (Å²) in [5.41, 5.74) is 1.76. The molecule has 1 fully saturated rings. The predicted molar refractivity (Wildman–Crippen MR) is 81.3 cm³/mol. The van der Waals surface area contributed by atoms with Gasteiger partial charge in [0.25, 0.3) is 11.1 Å². The van der Waals surface area contributed by atoms with Crippen molar-refractivity contribution in [2.75, 3.05) is 7.05 Å². The minimum absolute atomic E-state index is 0.240. The van der Waals surface area contributed by atoms with E-state index in [2.05, 4.69) is 6.07 Å². The third kappa shape index (κ3) is 2.22. The second-order valence-corrected chi connectivity index (χ2v) is 5.62. The van der Waals surface area contributed by atoms with E-state index in [0.717, 1.165) is 33.1 Å². The number of rotatable bonds is 2. The van der Waals surface area contributed by atoms with Gasteiger partial charge in [0.15, 0.2) is 0 Å². The number of para-hydroxylation sites is 1. The molecule has 0 radical (unpaired) electrons. The molecule has 0 aliphatic carbocycles. The zero-order valence-electron chi connectivity index (χ0n) is 11.2. The van der Waals surface area contributed by atoms with Crippen LogP contribution < -0.4 is 0 Å². The standard InChI is InChI=1S/C15H11N3O2S/c1-17-14(19)13(21-15(17)20)8-10-9-18(7-6-16)12-5-3-2-4-11(10)12/h2-5,8-9H,7H2,1H3. The van der Waals surface area contributed by atoms with Crippen molar-refractivity contribution >= 4 is 39.9 Å². The molecule has 2 heterocycles. The lowest BCUT2D eigenvalue weighted by Crippen LogP contribution is -2.22. The van der Waals surface area contributed by atoms with Crippen molar-refractivity contribution in [3.8, 4) is 6.07 Å². The highest BCUT2D eigenvalue weighted by molar-refractivity contribution is 8.18. The fraction of sp³-hybridized carbons (Fsp3) is 0.133. The van der Waals surface area contributed by atoms with Gasteiger partial charge in [-0.1, -0.05) is 18.2 Å². The maximum atomic E-state index is 11.9. The Morgan fingerprint density at radius 2 is 2.10 bits per heavy atom. The predicted octanol–water partition coefficient (Wildman–Crippen LogP) is 2.83. The SMILES string of the molecule is CN1C(=O)SC(=Cc2cn(CC#N)c3ccccc23)C1=O. The summed E-state index contributed by atoms with van der Waals surface area (Å²) in [6.45, 7) is 0.240. The summed E-state index contributed by atoms with van der Waals surface area (Å²) in [7, 11) is 1.47. The summed E-state index contributed by atoms with van der Waals surface area (Å²) < 4.78 is 1.83. The number of nitriles is 1. The molecule has 3 rings (SSSR count). The molecule has 0 spiro atoms. The van der Waals surface area contributed by atoms with Crippen LogP contribution in [0.5, 0.6) is 0 Å². The smallest absolute Gasteiger partial charge is 0.293 e. The van der Waals surface area contributed by atoms with E-state index in [1.54, 1.807) is 6.08 Å². The Hall–Kier alpha value is -2.52. The van der Waals surface area contributed by atoms with Crippen molar-refractivity contribution in [1.29, 1.82) is 5.26 Å². The molecule has 0 bridgehead atoms. The van der Waals surface area contributed by atoms with Crippen LogP contribution in [0.3, 0.4) is 0 Å². The Morgan fingerprint density at radius 3 is 2.76 bits per heavy atom. The average molecular weight is 297 g/mol. The highest BCUT2D eigenvalue weighted by Crippen LogP contribution is 2.33. The number of amides is 2. The van der Waals surface area contributed by atoms with Crippen molar-refractivity contribution in [2.24, 2.45) is 0 Å². The molecule has 2 amide bonds. The van der Waals surface area contributed by atoms with Gasteiger partial charge in [0.1, 0.15) is 6.54 Å². The van der Waals surface area contributed by atoms with Crippen LogP contribution in [0.15, 0.2) is 35.4 Å². The summed E-state index contributed by atoms with van der Waals surface area (Å²) >= 11 is 0.932. The van der Waals surface area contributed by atoms with Gasteiger partial charge in [0.05, 0.1) is 11.0 Å². The largest absolute Gasteiger partial charge is 0.333 e. The summed E-state index contributed by atoms with van der Waals surface area (Å²) in [4.78, 5) is 25.0. The second kappa shape index (κ2) is 5.11. The van der Waals surface area contributed by atoms with Gasteiger partial charge in [-0.15, -0.1) is 0 Å². The van der Waals surface area contributed by atoms with E-state index in [1.165, 1.54) is 7.05 Å². The third-order valence-electron chi connectivity index (χ3n) is 3.33. The number of thioether (sulfide) groups is 1. The first-order chi connectivity index (χ1) is 10.1. The fourth-order valence-corrected chi connectivity index (χ4v) is 3.10. The maximum absolute atomic E-state index is 11.9. The molecule has 6 heteroatoms. The van der Waals surface area contributed by atoms with Gasteiger partial charge in [-0.2, -0.15) is 5.26 Å². The Kier molecular flexibility index (Phi) is 3.28. The highest BCUT2D eigenvalue weighted by Gasteiger charge is 2.32. The van der Waals surface area contributed by atoms with Gasteiger partial charge in [-0.25, -0.2) is 0 Å². The van der Waals surface area contributed by atoms with Crippen molar-refractivity contribution in [2.45, 2.75) is 6.54 Å². The summed E-state index contributed by atoms with van der Waals surface area (Å²) in [5.74, 6) is -0.290. The zero-order valence-corrected chi connectivity index (χ0v) is 12.1. The number of aromatic nitrogens is 1. The fourth-order valence-electron chi connectivity index (χ4n) is 2.28. The normalized spacial score (nSPS) is 17.0. The number of imide groups is 1. The molecule has 0 unspecified atom stereocenters. The molecule has 0 atom stereocenters. The van der Waals surface area contributed by atoms with Gasteiger partial charge in [0.2, 0.25) is 0 Å². The number of carbonyl (C=O) groups is 2. The summed E-state index contributed by atoms with van der Waals surface area (Å²) in [6.07, 6.45) is 3.54. The van der Waals surface area contributed by atoms with Crippen molar-refractivity contribution in [3.05, 3.63) is 40.9 Å². The van der Waals surface area contributed by atoms with E-state index in [-0.39, 0.29) is 17.7 Å². The molecule has 2 aromatic rings. The number of benzene rings is 1. The maximum Gasteiger partial charge on any atom is 0.293 e. The molecular formula is C15H11N3O2S. The van der Waals surface area contributed by atoms with Gasteiger partial charge in [0, 0.05) is 29.7 Å². The summed E-state index contributed by atoms with van der Waals surface area (Å²) in [5, 5.41) is 9.57. The molecule has 1 saturated heterocycles. The van der Waals surface area contributed by atoms with Crippen LogP contribution >= 0.6 is 11.8 Å². The molecule has 1 aromatic heterocycles. The number of hydrogen-bond acceptors (Lipinski definition) is 4. The van der Waals surface area contributed by atoms with Gasteiger partial charge >= 0.3 is 0 Å². The van der Waals surface area contributed by atoms with Crippen LogP contribution in [0, 0.1) is 11.3 Å². The van der Waals surface area contributed by atoms with Crippen LogP contribution in [0.4, 0.5) is 4.79 Å². The topological polar surface area (TPSA) is 66.1 Å². The first-order valence-corrected chi connectivity index (χ1v) is 7.10. The van der Waals surface area contributed by atoms with Gasteiger partial charge in [-0.05, 0) is 23.9 Å². The lowest BCUT2D eigenvalue weighted by atomic mass is 10.1. The van der Waals surface area contributed by atoms with Crippen LogP contribution in [0.1, 0.15) is 5.56 Å². The molecular weight excluding hydrogens is 286 g/mol. The Morgan fingerprint density at radius 1 is 1.33 bits per heavy atom. The third-order valence-corrected chi connectivity index (χ3v) is 4.29. The monoisotopic (exact) mass is 297 g/mol. The van der Waals surface area contributed by atoms with Crippen LogP contribution in [-0.2, 0) is 11.3 Å². The zero-order chi connectivity index (χ0) is 15.0. The Labute approximate surface area is 125 Å². The second-order valence-electron chi connectivity index (χ2n) is 4.63. The minimum atomic E-state index is -0.290. The highest BCUT2D eigenvalue weighted by atomic mass is 32.2. The molecule has 5 nitrogen and oxygen atoms in total. The quantitative estimate of drug-likeness (QED) is 0.799. The number of carbonyl (C=O) groups excluding carboxylic acids is 2.